The normalized spacial score (nSPS) is 10.0. The largest absolute Gasteiger partial charge is 0.381 e. The zero-order valence-corrected chi connectivity index (χ0v) is 11.7. The van der Waals surface area contributed by atoms with Crippen molar-refractivity contribution in [1.82, 2.24) is 0 Å². The zero-order chi connectivity index (χ0) is 13.8. The van der Waals surface area contributed by atoms with Gasteiger partial charge in [-0.25, -0.2) is 0 Å². The van der Waals surface area contributed by atoms with E-state index >= 15 is 0 Å². The molecule has 0 spiro atoms. The van der Waals surface area contributed by atoms with Crippen LogP contribution in [0.3, 0.4) is 0 Å². The molecule has 0 unspecified atom stereocenters. The van der Waals surface area contributed by atoms with Gasteiger partial charge in [-0.05, 0) is 61.2 Å². The van der Waals surface area contributed by atoms with E-state index in [-0.39, 0.29) is 0 Å². The van der Waals surface area contributed by atoms with E-state index in [1.165, 1.54) is 22.3 Å². The van der Waals surface area contributed by atoms with Gasteiger partial charge >= 0.3 is 0 Å². The lowest BCUT2D eigenvalue weighted by molar-refractivity contribution is 1.10. The second kappa shape index (κ2) is 5.63. The topological polar surface area (TPSA) is 12.0 Å². The highest BCUT2D eigenvalue weighted by Gasteiger charge is 2.02. The van der Waals surface area contributed by atoms with Crippen LogP contribution in [0.5, 0.6) is 0 Å². The summed E-state index contributed by atoms with van der Waals surface area (Å²) in [6.07, 6.45) is 5.41. The van der Waals surface area contributed by atoms with E-state index in [1.54, 1.807) is 0 Å². The van der Waals surface area contributed by atoms with Gasteiger partial charge in [0.15, 0.2) is 0 Å². The summed E-state index contributed by atoms with van der Waals surface area (Å²) in [4.78, 5) is 0. The molecule has 0 aliphatic heterocycles. The lowest BCUT2D eigenvalue weighted by Crippen LogP contribution is -2.02. The van der Waals surface area contributed by atoms with Gasteiger partial charge in [-0.1, -0.05) is 24.1 Å². The fraction of sp³-hybridized carbons (Fsp3) is 0.222. The zero-order valence-electron chi connectivity index (χ0n) is 11.7. The van der Waals surface area contributed by atoms with Crippen molar-refractivity contribution >= 4 is 5.69 Å². The second-order valence-electron chi connectivity index (χ2n) is 4.94. The van der Waals surface area contributed by atoms with Crippen LogP contribution in [0.2, 0.25) is 0 Å². The van der Waals surface area contributed by atoms with Gasteiger partial charge in [-0.15, -0.1) is 6.42 Å². The fourth-order valence-corrected chi connectivity index (χ4v) is 2.13. The Morgan fingerprint density at radius 3 is 2.47 bits per heavy atom. The number of benzene rings is 2. The molecule has 0 saturated carbocycles. The van der Waals surface area contributed by atoms with Gasteiger partial charge in [0.05, 0.1) is 0 Å². The maximum Gasteiger partial charge on any atom is 0.0403 e. The SMILES string of the molecule is C#Cc1cccc(NCc2cc(C)c(C)cc2C)c1. The van der Waals surface area contributed by atoms with Gasteiger partial charge in [-0.3, -0.25) is 0 Å². The molecule has 0 saturated heterocycles. The first-order valence-corrected chi connectivity index (χ1v) is 6.47. The third kappa shape index (κ3) is 3.17. The number of aryl methyl sites for hydroxylation is 3. The van der Waals surface area contributed by atoms with Crippen molar-refractivity contribution in [3.63, 3.8) is 0 Å². The Kier molecular flexibility index (Phi) is 3.92. The highest BCUT2D eigenvalue weighted by atomic mass is 14.9. The van der Waals surface area contributed by atoms with Gasteiger partial charge < -0.3 is 5.32 Å². The van der Waals surface area contributed by atoms with Crippen molar-refractivity contribution in [2.75, 3.05) is 5.32 Å². The monoisotopic (exact) mass is 249 g/mol. The highest BCUT2D eigenvalue weighted by molar-refractivity contribution is 5.50. The molecule has 0 aliphatic carbocycles. The highest BCUT2D eigenvalue weighted by Crippen LogP contribution is 2.17. The van der Waals surface area contributed by atoms with Crippen molar-refractivity contribution in [3.05, 3.63) is 64.2 Å². The number of nitrogens with one attached hydrogen (secondary N) is 1. The number of hydrogen-bond acceptors (Lipinski definition) is 1. The van der Waals surface area contributed by atoms with Gasteiger partial charge in [0.25, 0.3) is 0 Å². The maximum absolute atomic E-state index is 5.41. The van der Waals surface area contributed by atoms with E-state index in [4.69, 9.17) is 6.42 Å². The van der Waals surface area contributed by atoms with Gasteiger partial charge in [-0.2, -0.15) is 0 Å². The van der Waals surface area contributed by atoms with Crippen LogP contribution in [-0.4, -0.2) is 0 Å². The molecule has 1 N–H and O–H groups in total. The van der Waals surface area contributed by atoms with Crippen molar-refractivity contribution in [3.8, 4) is 12.3 Å². The van der Waals surface area contributed by atoms with Crippen LogP contribution >= 0.6 is 0 Å². The first kappa shape index (κ1) is 13.2. The predicted molar refractivity (Wildman–Crippen MR) is 82.4 cm³/mol. The lowest BCUT2D eigenvalue weighted by Gasteiger charge is -2.12. The summed E-state index contributed by atoms with van der Waals surface area (Å²) in [5, 5.41) is 3.43. The summed E-state index contributed by atoms with van der Waals surface area (Å²) in [7, 11) is 0. The standard InChI is InChI=1S/C18H19N/c1-5-16-7-6-8-18(11-16)19-12-17-10-14(3)13(2)9-15(17)4/h1,6-11,19H,12H2,2-4H3. The molecule has 19 heavy (non-hydrogen) atoms. The second-order valence-corrected chi connectivity index (χ2v) is 4.94. The summed E-state index contributed by atoms with van der Waals surface area (Å²) < 4.78 is 0. The third-order valence-corrected chi connectivity index (χ3v) is 3.46. The molecule has 0 heterocycles. The quantitative estimate of drug-likeness (QED) is 0.804. The van der Waals surface area contributed by atoms with E-state index in [9.17, 15) is 0 Å². The number of anilines is 1. The minimum Gasteiger partial charge on any atom is -0.381 e. The Hall–Kier alpha value is -2.20. The van der Waals surface area contributed by atoms with E-state index in [0.29, 0.717) is 0 Å². The molecular formula is C18H19N. The predicted octanol–water partition coefficient (Wildman–Crippen LogP) is 4.21. The average molecular weight is 249 g/mol. The molecule has 1 nitrogen and oxygen atoms in total. The van der Waals surface area contributed by atoms with Crippen LogP contribution in [-0.2, 0) is 6.54 Å². The van der Waals surface area contributed by atoms with Crippen LogP contribution in [0.25, 0.3) is 0 Å². The van der Waals surface area contributed by atoms with Crippen LogP contribution in [0.15, 0.2) is 36.4 Å². The van der Waals surface area contributed by atoms with Gasteiger partial charge in [0.1, 0.15) is 0 Å². The molecule has 96 valence electrons. The Morgan fingerprint density at radius 1 is 1.00 bits per heavy atom. The Bertz CT molecular complexity index is 633. The molecule has 0 aliphatic rings. The van der Waals surface area contributed by atoms with Crippen molar-refractivity contribution in [2.45, 2.75) is 27.3 Å². The van der Waals surface area contributed by atoms with Gasteiger partial charge in [0.2, 0.25) is 0 Å². The molecule has 2 aromatic carbocycles. The van der Waals surface area contributed by atoms with E-state index in [0.717, 1.165) is 17.8 Å². The molecule has 0 aromatic heterocycles. The minimum absolute atomic E-state index is 0.820. The lowest BCUT2D eigenvalue weighted by atomic mass is 10.0. The van der Waals surface area contributed by atoms with E-state index < -0.39 is 0 Å². The first-order valence-electron chi connectivity index (χ1n) is 6.47. The summed E-state index contributed by atoms with van der Waals surface area (Å²) in [6, 6.07) is 12.4. The molecular weight excluding hydrogens is 230 g/mol. The van der Waals surface area contributed by atoms with E-state index in [2.05, 4.69) is 44.1 Å². The summed E-state index contributed by atoms with van der Waals surface area (Å²) in [5.74, 6) is 2.65. The van der Waals surface area contributed by atoms with Crippen LogP contribution in [0.4, 0.5) is 5.69 Å². The Labute approximate surface area is 115 Å². The van der Waals surface area contributed by atoms with Crippen molar-refractivity contribution in [2.24, 2.45) is 0 Å². The number of hydrogen-bond donors (Lipinski definition) is 1. The molecule has 1 heteroatoms. The first-order chi connectivity index (χ1) is 9.10. The van der Waals surface area contributed by atoms with E-state index in [1.807, 2.05) is 24.3 Å². The minimum atomic E-state index is 0.820. The van der Waals surface area contributed by atoms with Crippen molar-refractivity contribution in [1.29, 1.82) is 0 Å². The fourth-order valence-electron chi connectivity index (χ4n) is 2.13. The molecule has 0 fully saturated rings. The smallest absolute Gasteiger partial charge is 0.0403 e. The van der Waals surface area contributed by atoms with Crippen LogP contribution < -0.4 is 5.32 Å². The molecule has 0 radical (unpaired) electrons. The summed E-state index contributed by atoms with van der Waals surface area (Å²) in [5.41, 5.74) is 7.29. The molecule has 0 atom stereocenters. The molecule has 0 bridgehead atoms. The summed E-state index contributed by atoms with van der Waals surface area (Å²) >= 11 is 0. The summed E-state index contributed by atoms with van der Waals surface area (Å²) in [6.45, 7) is 7.27. The Balaban J connectivity index is 2.14. The molecule has 0 amide bonds. The third-order valence-electron chi connectivity index (χ3n) is 3.46. The van der Waals surface area contributed by atoms with Crippen molar-refractivity contribution < 1.29 is 0 Å². The average Bonchev–Trinajstić information content (AvgIpc) is 2.41. The maximum atomic E-state index is 5.41. The van der Waals surface area contributed by atoms with Crippen LogP contribution in [0, 0.1) is 33.1 Å². The number of rotatable bonds is 3. The Morgan fingerprint density at radius 2 is 1.74 bits per heavy atom. The van der Waals surface area contributed by atoms with Crippen LogP contribution in [0.1, 0.15) is 27.8 Å². The molecule has 2 rings (SSSR count). The number of terminal acetylenes is 1. The van der Waals surface area contributed by atoms with Gasteiger partial charge in [0, 0.05) is 17.8 Å². The molecule has 2 aromatic rings.